The first kappa shape index (κ1) is 24.6. The van der Waals surface area contributed by atoms with Gasteiger partial charge in [0.25, 0.3) is 0 Å². The fourth-order valence-corrected chi connectivity index (χ4v) is 2.98. The van der Waals surface area contributed by atoms with Crippen molar-refractivity contribution in [2.24, 2.45) is 0 Å². The third-order valence-electron chi connectivity index (χ3n) is 4.30. The van der Waals surface area contributed by atoms with Crippen molar-refractivity contribution in [3.63, 3.8) is 0 Å². The van der Waals surface area contributed by atoms with Gasteiger partial charge in [0, 0.05) is 13.0 Å². The fourth-order valence-electron chi connectivity index (χ4n) is 2.69. The van der Waals surface area contributed by atoms with Crippen LogP contribution in [-0.2, 0) is 25.8 Å². The summed E-state index contributed by atoms with van der Waals surface area (Å²) in [7, 11) is -3.33. The third-order valence-corrected chi connectivity index (χ3v) is 4.96. The summed E-state index contributed by atoms with van der Waals surface area (Å²) in [5, 5.41) is 0. The molecule has 11 heteroatoms. The van der Waals surface area contributed by atoms with Crippen LogP contribution < -0.4 is 4.74 Å². The minimum absolute atomic E-state index is 0.312. The van der Waals surface area contributed by atoms with Crippen LogP contribution in [0.1, 0.15) is 34.3 Å². The summed E-state index contributed by atoms with van der Waals surface area (Å²) in [5.41, 5.74) is -0.681. The van der Waals surface area contributed by atoms with E-state index in [1.54, 1.807) is 37.3 Å². The van der Waals surface area contributed by atoms with Gasteiger partial charge in [0.05, 0.1) is 27.0 Å². The van der Waals surface area contributed by atoms with E-state index in [0.29, 0.717) is 6.07 Å². The first-order chi connectivity index (χ1) is 14.4. The van der Waals surface area contributed by atoms with E-state index in [9.17, 15) is 30.9 Å². The van der Waals surface area contributed by atoms with E-state index in [-0.39, 0.29) is 5.56 Å². The van der Waals surface area contributed by atoms with E-state index >= 15 is 0 Å². The number of carbonyl (C=O) groups excluding carboxylic acids is 1. The van der Waals surface area contributed by atoms with Crippen LogP contribution in [-0.4, -0.2) is 44.7 Å². The summed E-state index contributed by atoms with van der Waals surface area (Å²) in [6.45, 7) is 0.978. The zero-order valence-corrected chi connectivity index (χ0v) is 17.4. The third kappa shape index (κ3) is 7.23. The number of carbonyl (C=O) groups is 1. The smallest absolute Gasteiger partial charge is 0.419 e. The number of halogens is 3. The standard InChI is InChI=1S/C20H21F3O7S/c1-13(14-6-4-3-5-7-14)19(28-2)30-17-12-15(8-9-16(17)20(21,22)23)18(24)29-10-11-31(25,26)27/h3-9,12-13,19H,10-11H2,1-2H3,(H,25,26,27)/p-1. The molecule has 0 heterocycles. The molecule has 0 fully saturated rings. The highest BCUT2D eigenvalue weighted by Gasteiger charge is 2.36. The first-order valence-electron chi connectivity index (χ1n) is 8.98. The maximum atomic E-state index is 13.5. The molecule has 2 atom stereocenters. The number of hydrogen-bond donors (Lipinski definition) is 0. The summed E-state index contributed by atoms with van der Waals surface area (Å²) in [5.74, 6) is -3.17. The van der Waals surface area contributed by atoms with Gasteiger partial charge in [-0.1, -0.05) is 37.3 Å². The molecule has 0 aliphatic carbocycles. The van der Waals surface area contributed by atoms with Gasteiger partial charge in [-0.05, 0) is 23.8 Å². The number of hydrogen-bond acceptors (Lipinski definition) is 7. The summed E-state index contributed by atoms with van der Waals surface area (Å²) >= 11 is 0. The fraction of sp³-hybridized carbons (Fsp3) is 0.350. The molecule has 0 amide bonds. The normalized spacial score (nSPS) is 14.0. The number of methoxy groups -OCH3 is 1. The number of rotatable bonds is 9. The molecular weight excluding hydrogens is 441 g/mol. The molecule has 2 unspecified atom stereocenters. The number of ether oxygens (including phenoxy) is 3. The van der Waals surface area contributed by atoms with Crippen molar-refractivity contribution in [1.82, 2.24) is 0 Å². The van der Waals surface area contributed by atoms with Crippen LogP contribution in [0.5, 0.6) is 5.75 Å². The molecule has 0 aliphatic rings. The van der Waals surface area contributed by atoms with Crippen LogP contribution in [0.2, 0.25) is 0 Å². The van der Waals surface area contributed by atoms with Crippen molar-refractivity contribution in [2.75, 3.05) is 19.5 Å². The number of esters is 1. The van der Waals surface area contributed by atoms with Gasteiger partial charge in [-0.3, -0.25) is 0 Å². The second-order valence-corrected chi connectivity index (χ2v) is 8.05. The molecule has 0 spiro atoms. The zero-order chi connectivity index (χ0) is 23.2. The molecule has 170 valence electrons. The Hall–Kier alpha value is -2.63. The zero-order valence-electron chi connectivity index (χ0n) is 16.6. The van der Waals surface area contributed by atoms with Gasteiger partial charge in [0.2, 0.25) is 6.29 Å². The maximum absolute atomic E-state index is 13.5. The van der Waals surface area contributed by atoms with Crippen LogP contribution in [0.15, 0.2) is 48.5 Å². The molecule has 2 rings (SSSR count). The van der Waals surface area contributed by atoms with E-state index in [4.69, 9.17) is 9.47 Å². The minimum atomic E-state index is -4.78. The van der Waals surface area contributed by atoms with E-state index in [1.807, 2.05) is 0 Å². The molecule has 2 aromatic rings. The Labute approximate surface area is 177 Å². The SMILES string of the molecule is COC(Oc1cc(C(=O)OCCS(=O)(=O)[O-])ccc1C(F)(F)F)C(C)c1ccccc1. The number of alkyl halides is 3. The lowest BCUT2D eigenvalue weighted by atomic mass is 10.0. The average Bonchev–Trinajstić information content (AvgIpc) is 2.70. The molecule has 0 saturated heterocycles. The summed E-state index contributed by atoms with van der Waals surface area (Å²) < 4.78 is 87.5. The molecular formula is C20H20F3O7S-. The van der Waals surface area contributed by atoms with Gasteiger partial charge < -0.3 is 18.8 Å². The van der Waals surface area contributed by atoms with Gasteiger partial charge in [0.15, 0.2) is 0 Å². The van der Waals surface area contributed by atoms with Crippen LogP contribution in [0, 0.1) is 0 Å². The van der Waals surface area contributed by atoms with E-state index < -0.39 is 58.1 Å². The summed E-state index contributed by atoms with van der Waals surface area (Å²) in [6, 6.07) is 11.2. The van der Waals surface area contributed by atoms with E-state index in [1.165, 1.54) is 7.11 Å². The lowest BCUT2D eigenvalue weighted by Gasteiger charge is -2.26. The predicted octanol–water partition coefficient (Wildman–Crippen LogP) is 3.56. The molecule has 0 radical (unpaired) electrons. The first-order valence-corrected chi connectivity index (χ1v) is 10.6. The lowest BCUT2D eigenvalue weighted by molar-refractivity contribution is -0.142. The molecule has 0 aromatic heterocycles. The minimum Gasteiger partial charge on any atom is -0.748 e. The van der Waals surface area contributed by atoms with Crippen LogP contribution >= 0.6 is 0 Å². The molecule has 7 nitrogen and oxygen atoms in total. The van der Waals surface area contributed by atoms with Gasteiger partial charge in [-0.15, -0.1) is 0 Å². The molecule has 0 saturated carbocycles. The largest absolute Gasteiger partial charge is 0.748 e. The lowest BCUT2D eigenvalue weighted by Crippen LogP contribution is -2.27. The van der Waals surface area contributed by atoms with Crippen molar-refractivity contribution >= 4 is 16.1 Å². The Morgan fingerprint density at radius 2 is 1.77 bits per heavy atom. The number of benzene rings is 2. The summed E-state index contributed by atoms with van der Waals surface area (Å²) in [6.07, 6.45) is -5.89. The molecule has 2 aromatic carbocycles. The Morgan fingerprint density at radius 3 is 2.32 bits per heavy atom. The Kier molecular flexibility index (Phi) is 8.04. The highest BCUT2D eigenvalue weighted by atomic mass is 32.2. The van der Waals surface area contributed by atoms with Crippen molar-refractivity contribution in [2.45, 2.75) is 25.3 Å². The topological polar surface area (TPSA) is 102 Å². The van der Waals surface area contributed by atoms with Crippen molar-refractivity contribution in [3.8, 4) is 5.75 Å². The highest BCUT2D eigenvalue weighted by molar-refractivity contribution is 7.85. The van der Waals surface area contributed by atoms with Crippen LogP contribution in [0.4, 0.5) is 13.2 Å². The van der Waals surface area contributed by atoms with Crippen molar-refractivity contribution in [3.05, 3.63) is 65.2 Å². The van der Waals surface area contributed by atoms with Crippen LogP contribution in [0.25, 0.3) is 0 Å². The van der Waals surface area contributed by atoms with Crippen molar-refractivity contribution in [1.29, 1.82) is 0 Å². The Balaban J connectivity index is 2.30. The van der Waals surface area contributed by atoms with Gasteiger partial charge >= 0.3 is 12.1 Å². The maximum Gasteiger partial charge on any atom is 0.419 e. The second kappa shape index (κ2) is 10.1. The summed E-state index contributed by atoms with van der Waals surface area (Å²) in [4.78, 5) is 12.1. The predicted molar refractivity (Wildman–Crippen MR) is 103 cm³/mol. The Morgan fingerprint density at radius 1 is 1.13 bits per heavy atom. The van der Waals surface area contributed by atoms with E-state index in [0.717, 1.165) is 17.7 Å². The second-order valence-electron chi connectivity index (χ2n) is 6.53. The van der Waals surface area contributed by atoms with Crippen molar-refractivity contribution < 1.29 is 45.1 Å². The average molecular weight is 461 g/mol. The van der Waals surface area contributed by atoms with Gasteiger partial charge in [-0.2, -0.15) is 13.2 Å². The highest BCUT2D eigenvalue weighted by Crippen LogP contribution is 2.38. The van der Waals surface area contributed by atoms with Gasteiger partial charge in [-0.25, -0.2) is 13.2 Å². The van der Waals surface area contributed by atoms with Gasteiger partial charge in [0.1, 0.15) is 12.4 Å². The molecule has 0 aliphatic heterocycles. The van der Waals surface area contributed by atoms with Crippen LogP contribution in [0.3, 0.4) is 0 Å². The Bertz CT molecular complexity index is 992. The molecule has 0 N–H and O–H groups in total. The quantitative estimate of drug-likeness (QED) is 0.320. The van der Waals surface area contributed by atoms with E-state index in [2.05, 4.69) is 4.74 Å². The monoisotopic (exact) mass is 461 g/mol. The molecule has 0 bridgehead atoms. The molecule has 31 heavy (non-hydrogen) atoms.